The highest BCUT2D eigenvalue weighted by Gasteiger charge is 2.40. The van der Waals surface area contributed by atoms with Gasteiger partial charge in [0.2, 0.25) is 0 Å². The smallest absolute Gasteiger partial charge is 0.145 e. The predicted molar refractivity (Wildman–Crippen MR) is 117 cm³/mol. The first kappa shape index (κ1) is 17.0. The van der Waals surface area contributed by atoms with Gasteiger partial charge >= 0.3 is 0 Å². The lowest BCUT2D eigenvalue weighted by molar-refractivity contribution is 0.381. The van der Waals surface area contributed by atoms with E-state index in [-0.39, 0.29) is 6.04 Å². The molecule has 0 radical (unpaired) electrons. The second-order valence-electron chi connectivity index (χ2n) is 8.42. The summed E-state index contributed by atoms with van der Waals surface area (Å²) < 4.78 is 11.3. The molecule has 29 heavy (non-hydrogen) atoms. The van der Waals surface area contributed by atoms with Crippen LogP contribution >= 0.6 is 0 Å². The number of fused-ring (bicyclic) bond motifs is 3. The van der Waals surface area contributed by atoms with Gasteiger partial charge in [0.15, 0.2) is 0 Å². The Hall–Kier alpha value is -2.94. The Bertz CT molecular complexity index is 1150. The summed E-state index contributed by atoms with van der Waals surface area (Å²) >= 11 is 0. The van der Waals surface area contributed by atoms with Crippen LogP contribution in [0.5, 0.6) is 11.5 Å². The maximum Gasteiger partial charge on any atom is 0.145 e. The SMILES string of the molecule is COc1cc(OC)c2c(c1)[C@@H]1C=CC[C@@H]1[C@H](c1ccc3c4c(cccc14)CC3)N2. The molecule has 3 heteroatoms. The standard InChI is InChI=1S/C26H25NO2/c1-28-17-13-22-18-6-4-8-20(18)25(27-26(22)23(14-17)29-2)21-12-11-16-10-9-15-5-3-7-19(21)24(15)16/h3-7,11-14,18,20,25,27H,8-10H2,1-2H3/t18-,20+,25-/m1/s1. The minimum Gasteiger partial charge on any atom is -0.497 e. The van der Waals surface area contributed by atoms with Gasteiger partial charge in [-0.15, -0.1) is 0 Å². The number of nitrogens with one attached hydrogen (secondary N) is 1. The van der Waals surface area contributed by atoms with Gasteiger partial charge in [0.1, 0.15) is 11.5 Å². The Morgan fingerprint density at radius 3 is 2.62 bits per heavy atom. The first-order chi connectivity index (χ1) is 14.3. The molecule has 0 saturated heterocycles. The third kappa shape index (κ3) is 2.37. The lowest BCUT2D eigenvalue weighted by Crippen LogP contribution is -2.29. The molecular formula is C26H25NO2. The zero-order valence-electron chi connectivity index (χ0n) is 16.9. The summed E-state index contributed by atoms with van der Waals surface area (Å²) in [6.07, 6.45) is 8.13. The molecule has 0 bridgehead atoms. The van der Waals surface area contributed by atoms with Crippen molar-refractivity contribution >= 4 is 16.5 Å². The molecular weight excluding hydrogens is 358 g/mol. The Kier molecular flexibility index (Phi) is 3.67. The van der Waals surface area contributed by atoms with Crippen LogP contribution < -0.4 is 14.8 Å². The number of ether oxygens (including phenoxy) is 2. The highest BCUT2D eigenvalue weighted by Crippen LogP contribution is 2.54. The van der Waals surface area contributed by atoms with Gasteiger partial charge in [0, 0.05) is 12.0 Å². The zero-order valence-corrected chi connectivity index (χ0v) is 16.9. The second-order valence-corrected chi connectivity index (χ2v) is 8.42. The number of methoxy groups -OCH3 is 2. The van der Waals surface area contributed by atoms with Crippen LogP contribution in [-0.4, -0.2) is 14.2 Å². The molecule has 3 aromatic carbocycles. The van der Waals surface area contributed by atoms with Crippen molar-refractivity contribution in [2.24, 2.45) is 5.92 Å². The third-order valence-electron chi connectivity index (χ3n) is 7.11. The van der Waals surface area contributed by atoms with Crippen molar-refractivity contribution < 1.29 is 9.47 Å². The van der Waals surface area contributed by atoms with Gasteiger partial charge in [0.25, 0.3) is 0 Å². The molecule has 1 aliphatic heterocycles. The summed E-state index contributed by atoms with van der Waals surface area (Å²) in [5.74, 6) is 2.58. The monoisotopic (exact) mass is 383 g/mol. The molecule has 146 valence electrons. The Balaban J connectivity index is 1.54. The van der Waals surface area contributed by atoms with Gasteiger partial charge in [-0.2, -0.15) is 0 Å². The molecule has 6 rings (SSSR count). The maximum atomic E-state index is 5.76. The van der Waals surface area contributed by atoms with Crippen LogP contribution in [0.25, 0.3) is 10.8 Å². The van der Waals surface area contributed by atoms with Gasteiger partial charge < -0.3 is 14.8 Å². The van der Waals surface area contributed by atoms with Crippen molar-refractivity contribution in [1.82, 2.24) is 0 Å². The highest BCUT2D eigenvalue weighted by molar-refractivity contribution is 5.94. The number of hydrogen-bond acceptors (Lipinski definition) is 3. The Labute approximate surface area is 171 Å². The van der Waals surface area contributed by atoms with Crippen molar-refractivity contribution in [1.29, 1.82) is 0 Å². The topological polar surface area (TPSA) is 30.5 Å². The molecule has 1 N–H and O–H groups in total. The Morgan fingerprint density at radius 1 is 0.931 bits per heavy atom. The van der Waals surface area contributed by atoms with E-state index in [1.54, 1.807) is 14.2 Å². The second kappa shape index (κ2) is 6.28. The fourth-order valence-corrected chi connectivity index (χ4v) is 5.77. The van der Waals surface area contributed by atoms with Crippen LogP contribution in [0.2, 0.25) is 0 Å². The van der Waals surface area contributed by atoms with Crippen LogP contribution in [0, 0.1) is 5.92 Å². The van der Waals surface area contributed by atoms with Crippen molar-refractivity contribution in [3.8, 4) is 11.5 Å². The van der Waals surface area contributed by atoms with Gasteiger partial charge in [-0.1, -0.05) is 42.5 Å². The van der Waals surface area contributed by atoms with Crippen molar-refractivity contribution in [3.05, 3.63) is 76.9 Å². The number of rotatable bonds is 3. The first-order valence-corrected chi connectivity index (χ1v) is 10.5. The van der Waals surface area contributed by atoms with Crippen molar-refractivity contribution in [3.63, 3.8) is 0 Å². The fraction of sp³-hybridized carbons (Fsp3) is 0.308. The minimum absolute atomic E-state index is 0.259. The summed E-state index contributed by atoms with van der Waals surface area (Å²) in [7, 11) is 3.45. The molecule has 0 unspecified atom stereocenters. The van der Waals surface area contributed by atoms with Gasteiger partial charge in [-0.05, 0) is 64.3 Å². The van der Waals surface area contributed by atoms with Crippen LogP contribution in [0.3, 0.4) is 0 Å². The van der Waals surface area contributed by atoms with Crippen molar-refractivity contribution in [2.45, 2.75) is 31.2 Å². The highest BCUT2D eigenvalue weighted by atomic mass is 16.5. The molecule has 1 heterocycles. The van der Waals surface area contributed by atoms with Gasteiger partial charge in [-0.25, -0.2) is 0 Å². The van der Waals surface area contributed by atoms with Crippen LogP contribution in [-0.2, 0) is 12.8 Å². The molecule has 0 fully saturated rings. The minimum atomic E-state index is 0.259. The molecule has 0 amide bonds. The van der Waals surface area contributed by atoms with Crippen LogP contribution in [0.4, 0.5) is 5.69 Å². The number of anilines is 1. The van der Waals surface area contributed by atoms with E-state index in [4.69, 9.17) is 9.47 Å². The number of benzene rings is 3. The molecule has 3 aliphatic rings. The average Bonchev–Trinajstić information content (AvgIpc) is 3.42. The molecule has 0 aromatic heterocycles. The number of allylic oxidation sites excluding steroid dienone is 2. The predicted octanol–water partition coefficient (Wildman–Crippen LogP) is 5.78. The van der Waals surface area contributed by atoms with Crippen molar-refractivity contribution in [2.75, 3.05) is 19.5 Å². The van der Waals surface area contributed by atoms with E-state index in [0.717, 1.165) is 36.4 Å². The molecule has 3 aromatic rings. The lowest BCUT2D eigenvalue weighted by Gasteiger charge is -2.38. The summed E-state index contributed by atoms with van der Waals surface area (Å²) in [6, 6.07) is 16.0. The lowest BCUT2D eigenvalue weighted by atomic mass is 9.75. The van der Waals surface area contributed by atoms with E-state index in [9.17, 15) is 0 Å². The summed E-state index contributed by atoms with van der Waals surface area (Å²) in [4.78, 5) is 0. The van der Waals surface area contributed by atoms with E-state index < -0.39 is 0 Å². The third-order valence-corrected chi connectivity index (χ3v) is 7.11. The van der Waals surface area contributed by atoms with E-state index in [2.05, 4.69) is 53.9 Å². The molecule has 3 atom stereocenters. The van der Waals surface area contributed by atoms with E-state index in [0.29, 0.717) is 11.8 Å². The van der Waals surface area contributed by atoms with E-state index in [1.807, 2.05) is 6.07 Å². The summed E-state index contributed by atoms with van der Waals surface area (Å²) in [5.41, 5.74) is 6.80. The van der Waals surface area contributed by atoms with Gasteiger partial charge in [-0.3, -0.25) is 0 Å². The molecule has 0 spiro atoms. The Morgan fingerprint density at radius 2 is 1.79 bits per heavy atom. The van der Waals surface area contributed by atoms with E-state index >= 15 is 0 Å². The largest absolute Gasteiger partial charge is 0.497 e. The molecule has 2 aliphatic carbocycles. The van der Waals surface area contributed by atoms with Crippen LogP contribution in [0.15, 0.2) is 54.6 Å². The maximum absolute atomic E-state index is 5.76. The quantitative estimate of drug-likeness (QED) is 0.581. The molecule has 3 nitrogen and oxygen atoms in total. The number of hydrogen-bond donors (Lipinski definition) is 1. The van der Waals surface area contributed by atoms with E-state index in [1.165, 1.54) is 33.0 Å². The fourth-order valence-electron chi connectivity index (χ4n) is 5.77. The normalized spacial score (nSPS) is 23.6. The molecule has 0 saturated carbocycles. The van der Waals surface area contributed by atoms with Gasteiger partial charge in [0.05, 0.1) is 25.9 Å². The summed E-state index contributed by atoms with van der Waals surface area (Å²) in [5, 5.41) is 6.79. The summed E-state index contributed by atoms with van der Waals surface area (Å²) in [6.45, 7) is 0. The van der Waals surface area contributed by atoms with Crippen LogP contribution in [0.1, 0.15) is 40.6 Å². The zero-order chi connectivity index (χ0) is 19.5. The average molecular weight is 383 g/mol. The number of aryl methyl sites for hydroxylation is 2. The first-order valence-electron chi connectivity index (χ1n) is 10.5.